The molecule has 0 aromatic heterocycles. The van der Waals surface area contributed by atoms with Gasteiger partial charge in [-0.25, -0.2) is 4.79 Å². The minimum atomic E-state index is -0.204. The van der Waals surface area contributed by atoms with Gasteiger partial charge in [-0.3, -0.25) is 9.69 Å². The summed E-state index contributed by atoms with van der Waals surface area (Å²) in [7, 11) is 4.88. The third-order valence-corrected chi connectivity index (χ3v) is 4.40. The van der Waals surface area contributed by atoms with Crippen LogP contribution in [-0.2, 0) is 4.79 Å². The Hall–Kier alpha value is -2.44. The first kappa shape index (κ1) is 15.5. The summed E-state index contributed by atoms with van der Waals surface area (Å²) in [5.74, 6) is 1.32. The number of amides is 3. The number of likely N-dealkylation sites (N-methyl/N-ethyl adjacent to an activating group) is 1. The highest BCUT2D eigenvalue weighted by molar-refractivity contribution is 6.02. The molecule has 2 heterocycles. The third kappa shape index (κ3) is 2.78. The summed E-state index contributed by atoms with van der Waals surface area (Å²) in [5.41, 5.74) is 0.969. The van der Waals surface area contributed by atoms with Crippen molar-refractivity contribution in [2.75, 3.05) is 45.8 Å². The molecule has 2 saturated heterocycles. The molecule has 3 amide bonds. The first-order chi connectivity index (χ1) is 11.0. The quantitative estimate of drug-likeness (QED) is 0.780. The molecule has 1 aromatic rings. The van der Waals surface area contributed by atoms with Gasteiger partial charge in [-0.15, -0.1) is 0 Å². The first-order valence-corrected chi connectivity index (χ1v) is 7.58. The number of carbonyl (C=O) groups is 2. The molecule has 0 N–H and O–H groups in total. The molecule has 0 spiro atoms. The summed E-state index contributed by atoms with van der Waals surface area (Å²) in [4.78, 5) is 29.2. The van der Waals surface area contributed by atoms with E-state index in [-0.39, 0.29) is 24.5 Å². The van der Waals surface area contributed by atoms with E-state index in [9.17, 15) is 9.59 Å². The number of imide groups is 1. The van der Waals surface area contributed by atoms with Gasteiger partial charge in [0.25, 0.3) is 5.91 Å². The number of rotatable bonds is 4. The molecule has 3 rings (SSSR count). The second-order valence-electron chi connectivity index (χ2n) is 5.86. The van der Waals surface area contributed by atoms with Gasteiger partial charge < -0.3 is 19.3 Å². The molecule has 0 aliphatic carbocycles. The average Bonchev–Trinajstić information content (AvgIpc) is 3.12. The van der Waals surface area contributed by atoms with Crippen LogP contribution in [0.5, 0.6) is 11.5 Å². The molecule has 0 radical (unpaired) electrons. The van der Waals surface area contributed by atoms with E-state index in [1.54, 1.807) is 21.3 Å². The van der Waals surface area contributed by atoms with Crippen molar-refractivity contribution in [3.05, 3.63) is 18.2 Å². The Bertz CT molecular complexity index is 612. The molecule has 7 heteroatoms. The number of anilines is 1. The number of nitrogens with zero attached hydrogens (tertiary/aromatic N) is 3. The Morgan fingerprint density at radius 2 is 1.74 bits per heavy atom. The maximum absolute atomic E-state index is 12.1. The zero-order chi connectivity index (χ0) is 16.6. The summed E-state index contributed by atoms with van der Waals surface area (Å²) < 4.78 is 10.6. The van der Waals surface area contributed by atoms with Crippen molar-refractivity contribution in [3.8, 4) is 11.5 Å². The molecule has 124 valence electrons. The fraction of sp³-hybridized carbons (Fsp3) is 0.500. The van der Waals surface area contributed by atoms with Gasteiger partial charge in [-0.2, -0.15) is 0 Å². The fourth-order valence-electron chi connectivity index (χ4n) is 3.16. The van der Waals surface area contributed by atoms with Crippen molar-refractivity contribution in [1.29, 1.82) is 0 Å². The minimum absolute atomic E-state index is 0.0860. The third-order valence-electron chi connectivity index (χ3n) is 4.40. The summed E-state index contributed by atoms with van der Waals surface area (Å²) in [6.45, 7) is 1.58. The Kier molecular flexibility index (Phi) is 4.02. The lowest BCUT2D eigenvalue weighted by molar-refractivity contribution is -0.126. The number of urea groups is 1. The van der Waals surface area contributed by atoms with E-state index in [2.05, 4.69) is 4.90 Å². The van der Waals surface area contributed by atoms with Crippen LogP contribution in [0.3, 0.4) is 0 Å². The number of methoxy groups -OCH3 is 2. The summed E-state index contributed by atoms with van der Waals surface area (Å²) >= 11 is 0. The lowest BCUT2D eigenvalue weighted by atomic mass is 10.2. The molecule has 2 fully saturated rings. The normalized spacial score (nSPS) is 21.3. The van der Waals surface area contributed by atoms with Crippen LogP contribution >= 0.6 is 0 Å². The van der Waals surface area contributed by atoms with E-state index in [1.165, 1.54) is 9.80 Å². The molecule has 1 aromatic carbocycles. The zero-order valence-electron chi connectivity index (χ0n) is 13.6. The molecule has 0 saturated carbocycles. The molecule has 0 bridgehead atoms. The van der Waals surface area contributed by atoms with Crippen LogP contribution in [0.1, 0.15) is 6.42 Å². The van der Waals surface area contributed by atoms with Crippen molar-refractivity contribution in [3.63, 3.8) is 0 Å². The largest absolute Gasteiger partial charge is 0.497 e. The maximum Gasteiger partial charge on any atom is 0.327 e. The van der Waals surface area contributed by atoms with Crippen molar-refractivity contribution < 1.29 is 19.1 Å². The minimum Gasteiger partial charge on any atom is -0.497 e. The van der Waals surface area contributed by atoms with Gasteiger partial charge in [-0.1, -0.05) is 0 Å². The smallest absolute Gasteiger partial charge is 0.327 e. The SMILES string of the molecule is COc1cc(OC)cc(N2CCC(N3C(=O)CN(C)C3=O)C2)c1. The van der Waals surface area contributed by atoms with Gasteiger partial charge in [-0.05, 0) is 6.42 Å². The lowest BCUT2D eigenvalue weighted by Gasteiger charge is -2.24. The molecule has 23 heavy (non-hydrogen) atoms. The van der Waals surface area contributed by atoms with Crippen molar-refractivity contribution >= 4 is 17.6 Å². The van der Waals surface area contributed by atoms with Gasteiger partial charge >= 0.3 is 6.03 Å². The van der Waals surface area contributed by atoms with Crippen molar-refractivity contribution in [2.24, 2.45) is 0 Å². The fourth-order valence-corrected chi connectivity index (χ4v) is 3.16. The van der Waals surface area contributed by atoms with E-state index < -0.39 is 0 Å². The molecular formula is C16H21N3O4. The van der Waals surface area contributed by atoms with Crippen LogP contribution in [0.15, 0.2) is 18.2 Å². The van der Waals surface area contributed by atoms with Gasteiger partial charge in [0.1, 0.15) is 18.0 Å². The van der Waals surface area contributed by atoms with Crippen molar-refractivity contribution in [2.45, 2.75) is 12.5 Å². The highest BCUT2D eigenvalue weighted by atomic mass is 16.5. The molecule has 1 unspecified atom stereocenters. The number of hydrogen-bond donors (Lipinski definition) is 0. The zero-order valence-corrected chi connectivity index (χ0v) is 13.6. The molecular weight excluding hydrogens is 298 g/mol. The maximum atomic E-state index is 12.1. The predicted octanol–water partition coefficient (Wildman–Crippen LogP) is 1.18. The lowest BCUT2D eigenvalue weighted by Crippen LogP contribution is -2.42. The van der Waals surface area contributed by atoms with Crippen molar-refractivity contribution in [1.82, 2.24) is 9.80 Å². The summed E-state index contributed by atoms with van der Waals surface area (Å²) in [6.07, 6.45) is 0.769. The summed E-state index contributed by atoms with van der Waals surface area (Å²) in [6, 6.07) is 5.40. The van der Waals surface area contributed by atoms with Gasteiger partial charge in [0.15, 0.2) is 0 Å². The van der Waals surface area contributed by atoms with E-state index in [4.69, 9.17) is 9.47 Å². The summed E-state index contributed by atoms with van der Waals surface area (Å²) in [5, 5.41) is 0. The predicted molar refractivity (Wildman–Crippen MR) is 85.0 cm³/mol. The molecule has 2 aliphatic heterocycles. The van der Waals surface area contributed by atoms with E-state index >= 15 is 0 Å². The van der Waals surface area contributed by atoms with Crippen LogP contribution in [0.4, 0.5) is 10.5 Å². The Labute approximate surface area is 135 Å². The molecule has 1 atom stereocenters. The Morgan fingerprint density at radius 1 is 1.09 bits per heavy atom. The van der Waals surface area contributed by atoms with E-state index in [0.29, 0.717) is 6.54 Å². The van der Waals surface area contributed by atoms with Crippen LogP contribution in [0.2, 0.25) is 0 Å². The second-order valence-corrected chi connectivity index (χ2v) is 5.86. The van der Waals surface area contributed by atoms with Crippen LogP contribution in [0, 0.1) is 0 Å². The average molecular weight is 319 g/mol. The standard InChI is InChI=1S/C16H21N3O4/c1-17-10-15(20)19(16(17)21)11-4-5-18(9-11)12-6-13(22-2)8-14(7-12)23-3/h6-8,11H,4-5,9-10H2,1-3H3. The highest BCUT2D eigenvalue weighted by Crippen LogP contribution is 2.32. The van der Waals surface area contributed by atoms with Crippen LogP contribution in [-0.4, -0.2) is 68.7 Å². The number of carbonyl (C=O) groups excluding carboxylic acids is 2. The first-order valence-electron chi connectivity index (χ1n) is 7.58. The topological polar surface area (TPSA) is 62.3 Å². The van der Waals surface area contributed by atoms with Crippen LogP contribution < -0.4 is 14.4 Å². The monoisotopic (exact) mass is 319 g/mol. The van der Waals surface area contributed by atoms with Gasteiger partial charge in [0.2, 0.25) is 0 Å². The Balaban J connectivity index is 1.78. The number of benzene rings is 1. The molecule has 2 aliphatic rings. The molecule has 7 nitrogen and oxygen atoms in total. The highest BCUT2D eigenvalue weighted by Gasteiger charge is 2.41. The van der Waals surface area contributed by atoms with Gasteiger partial charge in [0.05, 0.1) is 20.3 Å². The van der Waals surface area contributed by atoms with Gasteiger partial charge in [0, 0.05) is 44.0 Å². The Morgan fingerprint density at radius 3 is 2.26 bits per heavy atom. The number of ether oxygens (including phenoxy) is 2. The van der Waals surface area contributed by atoms with E-state index in [1.807, 2.05) is 18.2 Å². The number of hydrogen-bond acceptors (Lipinski definition) is 5. The second kappa shape index (κ2) is 5.98. The van der Waals surface area contributed by atoms with Crippen LogP contribution in [0.25, 0.3) is 0 Å². The van der Waals surface area contributed by atoms with E-state index in [0.717, 1.165) is 30.2 Å².